The lowest BCUT2D eigenvalue weighted by Crippen LogP contribution is -2.14. The van der Waals surface area contributed by atoms with Crippen molar-refractivity contribution in [1.29, 1.82) is 0 Å². The third-order valence-corrected chi connectivity index (χ3v) is 4.03. The van der Waals surface area contributed by atoms with Gasteiger partial charge in [0.2, 0.25) is 0 Å². The molecule has 0 aliphatic carbocycles. The topological polar surface area (TPSA) is 85.3 Å². The molecule has 21 heavy (non-hydrogen) atoms. The molecule has 0 aliphatic heterocycles. The molecule has 1 heterocycles. The minimum absolute atomic E-state index is 0.108. The molecule has 6 heteroatoms. The molecule has 0 aliphatic rings. The van der Waals surface area contributed by atoms with Gasteiger partial charge in [0.1, 0.15) is 17.0 Å². The first kappa shape index (κ1) is 15.3. The number of anilines is 1. The number of hydrogen-bond acceptors (Lipinski definition) is 4. The van der Waals surface area contributed by atoms with Gasteiger partial charge < -0.3 is 9.66 Å². The van der Waals surface area contributed by atoms with Crippen LogP contribution in [0.1, 0.15) is 35.7 Å². The fraction of sp³-hybridized carbons (Fsp3) is 0.200. The summed E-state index contributed by atoms with van der Waals surface area (Å²) in [5.41, 5.74) is 1.79. The van der Waals surface area contributed by atoms with Gasteiger partial charge >= 0.3 is 5.97 Å². The van der Waals surface area contributed by atoms with Crippen molar-refractivity contribution in [3.8, 4) is 0 Å². The highest BCUT2D eigenvalue weighted by atomic mass is 32.2. The standard InChI is InChI=1S/C15H16N2O3S/c1-10(2)12-6-13(9-16-8-12)17-21(20)14-5-3-4-11(7-14)15(18)19/h3-10,17H,1-2H3,(H,18,19). The monoisotopic (exact) mass is 304 g/mol. The van der Waals surface area contributed by atoms with E-state index in [1.165, 1.54) is 12.1 Å². The summed E-state index contributed by atoms with van der Waals surface area (Å²) in [7, 11) is 0. The Balaban J connectivity index is 2.17. The molecule has 0 radical (unpaired) electrons. The Hall–Kier alpha value is -2.05. The van der Waals surface area contributed by atoms with Gasteiger partial charge in [-0.25, -0.2) is 9.52 Å². The molecule has 1 unspecified atom stereocenters. The van der Waals surface area contributed by atoms with Gasteiger partial charge in [-0.15, -0.1) is 0 Å². The Labute approximate surface area is 126 Å². The molecular weight excluding hydrogens is 288 g/mol. The van der Waals surface area contributed by atoms with Gasteiger partial charge in [-0.2, -0.15) is 0 Å². The van der Waals surface area contributed by atoms with Crippen LogP contribution in [0.3, 0.4) is 0 Å². The second-order valence-electron chi connectivity index (χ2n) is 4.87. The molecule has 0 saturated heterocycles. The van der Waals surface area contributed by atoms with Gasteiger partial charge in [0.25, 0.3) is 0 Å². The summed E-state index contributed by atoms with van der Waals surface area (Å²) in [6, 6.07) is 7.93. The number of nitrogens with zero attached hydrogens (tertiary/aromatic N) is 1. The first-order chi connectivity index (χ1) is 9.97. The molecule has 1 aromatic heterocycles. The molecule has 0 spiro atoms. The van der Waals surface area contributed by atoms with E-state index in [0.717, 1.165) is 5.56 Å². The first-order valence-electron chi connectivity index (χ1n) is 6.44. The van der Waals surface area contributed by atoms with Crippen LogP contribution in [0, 0.1) is 0 Å². The summed E-state index contributed by atoms with van der Waals surface area (Å²) in [5.74, 6) is -0.722. The number of aromatic nitrogens is 1. The molecule has 0 fully saturated rings. The predicted octanol–water partition coefficient (Wildman–Crippen LogP) is 3.04. The van der Waals surface area contributed by atoms with Gasteiger partial charge in [0, 0.05) is 12.3 Å². The van der Waals surface area contributed by atoms with E-state index < -0.39 is 17.3 Å². The van der Waals surface area contributed by atoms with Crippen LogP contribution in [0.25, 0.3) is 0 Å². The lowest BCUT2D eigenvalue weighted by Gasteiger charge is -2.13. The number of aromatic carboxylic acids is 1. The van der Waals surface area contributed by atoms with Crippen LogP contribution < -0.4 is 4.72 Å². The first-order valence-corrected chi connectivity index (χ1v) is 7.59. The molecule has 2 N–H and O–H groups in total. The molecule has 2 rings (SSSR count). The quantitative estimate of drug-likeness (QED) is 0.829. The minimum atomic E-state index is -1.54. The van der Waals surface area contributed by atoms with Gasteiger partial charge in [-0.1, -0.05) is 19.9 Å². The van der Waals surface area contributed by atoms with Crippen molar-refractivity contribution < 1.29 is 14.5 Å². The number of benzene rings is 1. The lowest BCUT2D eigenvalue weighted by atomic mass is 10.1. The number of carboxylic acids is 1. The maximum absolute atomic E-state index is 12.2. The molecule has 0 saturated carbocycles. The number of nitrogens with one attached hydrogen (secondary N) is 1. The van der Waals surface area contributed by atoms with E-state index in [1.807, 2.05) is 19.9 Å². The fourth-order valence-corrected chi connectivity index (χ4v) is 2.62. The van der Waals surface area contributed by atoms with E-state index in [0.29, 0.717) is 16.5 Å². The number of carboxylic acid groups (broad SMARTS) is 1. The molecule has 5 nitrogen and oxygen atoms in total. The summed E-state index contributed by atoms with van der Waals surface area (Å²) in [6.07, 6.45) is 3.36. The van der Waals surface area contributed by atoms with Crippen LogP contribution in [-0.2, 0) is 11.4 Å². The van der Waals surface area contributed by atoms with Gasteiger partial charge in [-0.3, -0.25) is 4.98 Å². The van der Waals surface area contributed by atoms with Crippen molar-refractivity contribution >= 4 is 23.0 Å². The highest BCUT2D eigenvalue weighted by Gasteiger charge is 2.15. The number of pyridine rings is 1. The SMILES string of the molecule is CC(C)c1cncc(N[S+]([O-])c2cccc(C(=O)O)c2)c1. The number of hydrogen-bond donors (Lipinski definition) is 2. The number of rotatable bonds is 5. The van der Waals surface area contributed by atoms with E-state index in [4.69, 9.17) is 5.11 Å². The third kappa shape index (κ3) is 3.96. The summed E-state index contributed by atoms with van der Waals surface area (Å²) in [4.78, 5) is 15.4. The lowest BCUT2D eigenvalue weighted by molar-refractivity contribution is 0.0696. The second-order valence-corrected chi connectivity index (χ2v) is 6.08. The Kier molecular flexibility index (Phi) is 4.82. The zero-order valence-corrected chi connectivity index (χ0v) is 12.6. The van der Waals surface area contributed by atoms with Crippen molar-refractivity contribution in [2.75, 3.05) is 4.72 Å². The van der Waals surface area contributed by atoms with Gasteiger partial charge in [0.05, 0.1) is 11.8 Å². The zero-order valence-electron chi connectivity index (χ0n) is 11.7. The smallest absolute Gasteiger partial charge is 0.335 e. The Morgan fingerprint density at radius 3 is 2.76 bits per heavy atom. The van der Waals surface area contributed by atoms with Crippen molar-refractivity contribution in [2.24, 2.45) is 0 Å². The average molecular weight is 304 g/mol. The van der Waals surface area contributed by atoms with Gasteiger partial charge in [0.15, 0.2) is 4.90 Å². The molecule has 1 atom stereocenters. The van der Waals surface area contributed by atoms with Crippen LogP contribution in [0.4, 0.5) is 5.69 Å². The van der Waals surface area contributed by atoms with E-state index in [1.54, 1.807) is 24.5 Å². The zero-order chi connectivity index (χ0) is 15.4. The summed E-state index contributed by atoms with van der Waals surface area (Å²) < 4.78 is 15.1. The number of carbonyl (C=O) groups is 1. The van der Waals surface area contributed by atoms with Crippen LogP contribution in [0.2, 0.25) is 0 Å². The molecule has 2 aromatic rings. The summed E-state index contributed by atoms with van der Waals surface area (Å²) >= 11 is -1.54. The van der Waals surface area contributed by atoms with E-state index in [2.05, 4.69) is 9.71 Å². The fourth-order valence-electron chi connectivity index (χ4n) is 1.74. The van der Waals surface area contributed by atoms with Crippen LogP contribution in [0.5, 0.6) is 0 Å². The maximum atomic E-state index is 12.2. The molecular formula is C15H16N2O3S. The van der Waals surface area contributed by atoms with Gasteiger partial charge in [-0.05, 0) is 29.7 Å². The van der Waals surface area contributed by atoms with Crippen molar-refractivity contribution in [3.63, 3.8) is 0 Å². The van der Waals surface area contributed by atoms with E-state index in [-0.39, 0.29) is 5.56 Å². The molecule has 1 aromatic carbocycles. The highest BCUT2D eigenvalue weighted by molar-refractivity contribution is 7.92. The predicted molar refractivity (Wildman–Crippen MR) is 81.8 cm³/mol. The molecule has 0 bridgehead atoms. The summed E-state index contributed by atoms with van der Waals surface area (Å²) in [5, 5.41) is 8.95. The molecule has 0 amide bonds. The minimum Gasteiger partial charge on any atom is -0.588 e. The van der Waals surface area contributed by atoms with Crippen molar-refractivity contribution in [2.45, 2.75) is 24.7 Å². The third-order valence-electron chi connectivity index (χ3n) is 2.93. The van der Waals surface area contributed by atoms with Crippen LogP contribution in [0.15, 0.2) is 47.6 Å². The van der Waals surface area contributed by atoms with Crippen molar-refractivity contribution in [1.82, 2.24) is 4.98 Å². The molecule has 110 valence electrons. The Morgan fingerprint density at radius 1 is 1.33 bits per heavy atom. The van der Waals surface area contributed by atoms with E-state index in [9.17, 15) is 9.35 Å². The second kappa shape index (κ2) is 6.60. The summed E-state index contributed by atoms with van der Waals surface area (Å²) in [6.45, 7) is 4.10. The average Bonchev–Trinajstić information content (AvgIpc) is 2.47. The largest absolute Gasteiger partial charge is 0.588 e. The van der Waals surface area contributed by atoms with E-state index >= 15 is 0 Å². The van der Waals surface area contributed by atoms with Crippen LogP contribution in [-0.4, -0.2) is 20.6 Å². The van der Waals surface area contributed by atoms with Crippen LogP contribution >= 0.6 is 0 Å². The Bertz CT molecular complexity index is 646. The normalized spacial score (nSPS) is 12.2. The highest BCUT2D eigenvalue weighted by Crippen LogP contribution is 2.20. The maximum Gasteiger partial charge on any atom is 0.335 e. The Morgan fingerprint density at radius 2 is 2.10 bits per heavy atom. The van der Waals surface area contributed by atoms with Crippen molar-refractivity contribution in [3.05, 3.63) is 53.9 Å².